The minimum Gasteiger partial charge on any atom is -0.333 e. The van der Waals surface area contributed by atoms with Gasteiger partial charge < -0.3 is 9.45 Å². The van der Waals surface area contributed by atoms with E-state index in [0.29, 0.717) is 25.2 Å². The molecule has 1 heterocycles. The molecule has 1 amide bonds. The summed E-state index contributed by atoms with van der Waals surface area (Å²) in [6.45, 7) is 1.50. The van der Waals surface area contributed by atoms with E-state index >= 15 is 0 Å². The van der Waals surface area contributed by atoms with Crippen molar-refractivity contribution in [3.05, 3.63) is 106 Å². The summed E-state index contributed by atoms with van der Waals surface area (Å²) < 4.78 is 100. The van der Waals surface area contributed by atoms with Gasteiger partial charge in [-0.15, -0.1) is 0 Å². The van der Waals surface area contributed by atoms with Crippen LogP contribution in [-0.2, 0) is 42.2 Å². The highest BCUT2D eigenvalue weighted by molar-refractivity contribution is 7.78. The molecule has 0 radical (unpaired) electrons. The number of hydrogen-bond acceptors (Lipinski definition) is 3. The lowest BCUT2D eigenvalue weighted by atomic mass is 9.98. The van der Waals surface area contributed by atoms with E-state index in [1.807, 2.05) is 30.3 Å². The Bertz CT molecular complexity index is 1350. The van der Waals surface area contributed by atoms with Gasteiger partial charge in [-0.3, -0.25) is 9.69 Å². The van der Waals surface area contributed by atoms with Crippen molar-refractivity contribution in [1.82, 2.24) is 9.80 Å². The van der Waals surface area contributed by atoms with Gasteiger partial charge in [0.1, 0.15) is 0 Å². The Balaban J connectivity index is 1.64. The van der Waals surface area contributed by atoms with E-state index in [0.717, 1.165) is 29.8 Å². The van der Waals surface area contributed by atoms with Crippen molar-refractivity contribution in [3.63, 3.8) is 0 Å². The number of nitrogens with zero attached hydrogens (tertiary/aromatic N) is 2. The van der Waals surface area contributed by atoms with E-state index in [1.165, 1.54) is 23.1 Å². The van der Waals surface area contributed by atoms with Crippen molar-refractivity contribution in [2.45, 2.75) is 37.1 Å². The molecule has 1 saturated heterocycles. The van der Waals surface area contributed by atoms with Crippen LogP contribution in [0.25, 0.3) is 0 Å². The fourth-order valence-electron chi connectivity index (χ4n) is 4.82. The van der Waals surface area contributed by atoms with Crippen LogP contribution in [0.5, 0.6) is 0 Å². The zero-order valence-corrected chi connectivity index (χ0v) is 21.9. The molecular weight excluding hydrogens is 558 g/mol. The molecule has 0 aromatic heterocycles. The van der Waals surface area contributed by atoms with Crippen LogP contribution in [0.15, 0.2) is 72.8 Å². The van der Waals surface area contributed by atoms with Gasteiger partial charge in [-0.2, -0.15) is 26.3 Å². The fourth-order valence-corrected chi connectivity index (χ4v) is 5.27. The van der Waals surface area contributed by atoms with Crippen LogP contribution in [0.1, 0.15) is 38.2 Å². The molecule has 2 atom stereocenters. The maximum Gasteiger partial charge on any atom is 0.416 e. The first-order valence-electron chi connectivity index (χ1n) is 12.3. The van der Waals surface area contributed by atoms with Crippen LogP contribution in [0.2, 0.25) is 0 Å². The molecule has 3 aromatic rings. The minimum absolute atomic E-state index is 0.110. The van der Waals surface area contributed by atoms with Crippen molar-refractivity contribution < 1.29 is 39.9 Å². The number of halogens is 6. The lowest BCUT2D eigenvalue weighted by Gasteiger charge is -2.42. The highest BCUT2D eigenvalue weighted by atomic mass is 32.2. The highest BCUT2D eigenvalue weighted by Gasteiger charge is 2.35. The Morgan fingerprint density at radius 2 is 1.48 bits per heavy atom. The van der Waals surface area contributed by atoms with Crippen molar-refractivity contribution in [2.75, 3.05) is 19.6 Å². The Morgan fingerprint density at radius 1 is 0.825 bits per heavy atom. The largest absolute Gasteiger partial charge is 0.416 e. The topological polar surface area (TPSA) is 60.9 Å². The number of alkyl halides is 6. The van der Waals surface area contributed by atoms with Gasteiger partial charge in [0, 0.05) is 37.8 Å². The molecule has 1 fully saturated rings. The molecule has 0 spiro atoms. The summed E-state index contributed by atoms with van der Waals surface area (Å²) in [5.74, 6) is -1.27. The number of carbonyl (C=O) groups excluding carboxylic acids is 1. The summed E-state index contributed by atoms with van der Waals surface area (Å²) in [4.78, 5) is 17.1. The first-order chi connectivity index (χ1) is 18.8. The molecule has 1 N–H and O–H groups in total. The Morgan fingerprint density at radius 3 is 2.08 bits per heavy atom. The molecule has 12 heteroatoms. The Hall–Kier alpha value is -3.22. The Kier molecular flexibility index (Phi) is 9.01. The predicted molar refractivity (Wildman–Crippen MR) is 138 cm³/mol. The molecule has 214 valence electrons. The number of hydrogen-bond donors (Lipinski definition) is 1. The van der Waals surface area contributed by atoms with Crippen LogP contribution in [0.3, 0.4) is 0 Å². The van der Waals surface area contributed by atoms with E-state index < -0.39 is 52.3 Å². The van der Waals surface area contributed by atoms with Crippen LogP contribution in [0, 0.1) is 0 Å². The van der Waals surface area contributed by atoms with Gasteiger partial charge in [0.2, 0.25) is 0 Å². The first kappa shape index (κ1) is 29.8. The van der Waals surface area contributed by atoms with Crippen LogP contribution < -0.4 is 0 Å². The molecule has 5 nitrogen and oxygen atoms in total. The minimum atomic E-state index is -4.78. The van der Waals surface area contributed by atoms with Crippen LogP contribution in [-0.4, -0.2) is 50.1 Å². The maximum atomic E-state index is 13.6. The van der Waals surface area contributed by atoms with Crippen molar-refractivity contribution in [1.29, 1.82) is 0 Å². The second-order valence-electron chi connectivity index (χ2n) is 9.65. The Labute approximate surface area is 229 Å². The van der Waals surface area contributed by atoms with Gasteiger partial charge >= 0.3 is 12.4 Å². The summed E-state index contributed by atoms with van der Waals surface area (Å²) >= 11 is -2.42. The summed E-state index contributed by atoms with van der Waals surface area (Å²) in [5, 5.41) is 0. The zero-order chi connectivity index (χ0) is 29.1. The summed E-state index contributed by atoms with van der Waals surface area (Å²) in [5.41, 5.74) is -0.741. The molecule has 0 aliphatic carbocycles. The number of amides is 1. The highest BCUT2D eigenvalue weighted by Crippen LogP contribution is 2.32. The molecule has 0 bridgehead atoms. The summed E-state index contributed by atoms with van der Waals surface area (Å²) in [6, 6.07) is 16.2. The van der Waals surface area contributed by atoms with Crippen molar-refractivity contribution in [3.8, 4) is 0 Å². The zero-order valence-electron chi connectivity index (χ0n) is 21.1. The molecular formula is C28H26F6N2O3S. The molecule has 3 aromatic carbocycles. The normalized spacial score (nSPS) is 17.6. The maximum absolute atomic E-state index is 13.6. The van der Waals surface area contributed by atoms with Gasteiger partial charge in [0.25, 0.3) is 5.91 Å². The van der Waals surface area contributed by atoms with Gasteiger partial charge in [-0.1, -0.05) is 42.5 Å². The van der Waals surface area contributed by atoms with Gasteiger partial charge in [-0.25, -0.2) is 4.21 Å². The van der Waals surface area contributed by atoms with Gasteiger partial charge in [0.15, 0.2) is 11.1 Å². The van der Waals surface area contributed by atoms with E-state index in [4.69, 9.17) is 0 Å². The monoisotopic (exact) mass is 584 g/mol. The third-order valence-electron chi connectivity index (χ3n) is 6.69. The SMILES string of the molecule is O=C(c1cc(CS(=O)O)cc(C(F)(F)F)c1)N1CCN(Cc2ccccc2)C[C@H]1Cc1ccc(C(F)(F)F)cc1. The van der Waals surface area contributed by atoms with E-state index in [2.05, 4.69) is 4.90 Å². The standard InChI is InChI=1S/C28H26F6N2O3S/c29-27(30,31)23-8-6-19(7-9-23)14-25-17-35(16-20-4-2-1-3-5-20)10-11-36(25)26(37)22-12-21(18-40(38)39)13-24(15-22)28(32,33)34/h1-9,12-13,15,25H,10-11,14,16-18H2,(H,38,39)/t25-/m1/s1. The van der Waals surface area contributed by atoms with Crippen molar-refractivity contribution in [2.24, 2.45) is 0 Å². The number of rotatable bonds is 7. The molecule has 4 rings (SSSR count). The van der Waals surface area contributed by atoms with E-state index in [-0.39, 0.29) is 24.1 Å². The van der Waals surface area contributed by atoms with E-state index in [9.17, 15) is 39.9 Å². The number of piperazine rings is 1. The van der Waals surface area contributed by atoms with Gasteiger partial charge in [0.05, 0.1) is 16.9 Å². The summed E-state index contributed by atoms with van der Waals surface area (Å²) in [6.07, 6.45) is -9.10. The number of benzene rings is 3. The summed E-state index contributed by atoms with van der Waals surface area (Å²) in [7, 11) is 0. The second-order valence-corrected chi connectivity index (χ2v) is 10.6. The van der Waals surface area contributed by atoms with Crippen LogP contribution >= 0.6 is 0 Å². The first-order valence-corrected chi connectivity index (χ1v) is 13.6. The van der Waals surface area contributed by atoms with E-state index in [1.54, 1.807) is 0 Å². The average molecular weight is 585 g/mol. The molecule has 40 heavy (non-hydrogen) atoms. The third-order valence-corrected chi connectivity index (χ3v) is 7.27. The van der Waals surface area contributed by atoms with Crippen molar-refractivity contribution >= 4 is 17.0 Å². The smallest absolute Gasteiger partial charge is 0.333 e. The molecule has 1 aliphatic rings. The molecule has 1 unspecified atom stereocenters. The average Bonchev–Trinajstić information content (AvgIpc) is 2.88. The molecule has 0 saturated carbocycles. The molecule has 1 aliphatic heterocycles. The predicted octanol–water partition coefficient (Wildman–Crippen LogP) is 6.02. The van der Waals surface area contributed by atoms with Crippen LogP contribution in [0.4, 0.5) is 26.3 Å². The van der Waals surface area contributed by atoms with Gasteiger partial charge in [-0.05, 0) is 53.4 Å². The fraction of sp³-hybridized carbons (Fsp3) is 0.321. The number of carbonyl (C=O) groups is 1. The second kappa shape index (κ2) is 12.1. The lowest BCUT2D eigenvalue weighted by molar-refractivity contribution is -0.138. The third kappa shape index (κ3) is 7.70. The lowest BCUT2D eigenvalue weighted by Crippen LogP contribution is -2.55. The quantitative estimate of drug-likeness (QED) is 0.273.